The predicted molar refractivity (Wildman–Crippen MR) is 297 cm³/mol. The van der Waals surface area contributed by atoms with E-state index in [4.69, 9.17) is 14.2 Å². The molecule has 0 heterocycles. The molecule has 0 rings (SSSR count). The van der Waals surface area contributed by atoms with Crippen molar-refractivity contribution in [3.8, 4) is 0 Å². The molecule has 0 aromatic heterocycles. The van der Waals surface area contributed by atoms with Crippen LogP contribution in [0.5, 0.6) is 0 Å². The summed E-state index contributed by atoms with van der Waals surface area (Å²) in [6.45, 7) is 6.43. The van der Waals surface area contributed by atoms with Crippen LogP contribution in [0.15, 0.2) is 109 Å². The summed E-state index contributed by atoms with van der Waals surface area (Å²) in [5, 5.41) is 0. The maximum atomic E-state index is 12.8. The molecule has 0 saturated heterocycles. The Balaban J connectivity index is 4.54. The van der Waals surface area contributed by atoms with E-state index < -0.39 is 6.10 Å². The molecule has 0 aromatic rings. The number of carbonyl (C=O) groups excluding carboxylic acids is 3. The number of ether oxygens (including phenoxy) is 3. The lowest BCUT2D eigenvalue weighted by Crippen LogP contribution is -2.30. The van der Waals surface area contributed by atoms with Gasteiger partial charge in [0.05, 0.1) is 0 Å². The summed E-state index contributed by atoms with van der Waals surface area (Å²) in [4.78, 5) is 38.1. The minimum atomic E-state index is -0.822. The highest BCUT2D eigenvalue weighted by molar-refractivity contribution is 5.71. The van der Waals surface area contributed by atoms with Crippen LogP contribution in [0.3, 0.4) is 0 Å². The molecule has 0 spiro atoms. The van der Waals surface area contributed by atoms with Gasteiger partial charge in [0, 0.05) is 19.3 Å². The van der Waals surface area contributed by atoms with Crippen LogP contribution >= 0.6 is 0 Å². The van der Waals surface area contributed by atoms with Crippen LogP contribution in [0.25, 0.3) is 0 Å². The van der Waals surface area contributed by atoms with Gasteiger partial charge in [0.15, 0.2) is 6.10 Å². The van der Waals surface area contributed by atoms with Gasteiger partial charge in [-0.25, -0.2) is 0 Å². The fourth-order valence-electron chi connectivity index (χ4n) is 7.48. The Morgan fingerprint density at radius 3 is 0.971 bits per heavy atom. The topological polar surface area (TPSA) is 78.9 Å². The van der Waals surface area contributed by atoms with Gasteiger partial charge in [0.1, 0.15) is 13.2 Å². The van der Waals surface area contributed by atoms with Crippen LogP contribution in [0.1, 0.15) is 252 Å². The van der Waals surface area contributed by atoms with Gasteiger partial charge in [-0.1, -0.05) is 220 Å². The molecule has 0 aromatic carbocycles. The van der Waals surface area contributed by atoms with Crippen molar-refractivity contribution in [2.45, 2.75) is 258 Å². The summed E-state index contributed by atoms with van der Waals surface area (Å²) in [6, 6.07) is 0. The highest BCUT2D eigenvalue weighted by Gasteiger charge is 2.19. The largest absolute Gasteiger partial charge is 0.462 e. The summed E-state index contributed by atoms with van der Waals surface area (Å²) in [5.41, 5.74) is 0. The third kappa shape index (κ3) is 54.9. The molecule has 0 aliphatic rings. The quantitative estimate of drug-likeness (QED) is 0.0262. The molecule has 6 heteroatoms. The Bertz CT molecular complexity index is 1420. The average molecular weight is 958 g/mol. The molecule has 0 saturated carbocycles. The average Bonchev–Trinajstić information content (AvgIpc) is 3.35. The van der Waals surface area contributed by atoms with Crippen molar-refractivity contribution < 1.29 is 28.6 Å². The summed E-state index contributed by atoms with van der Waals surface area (Å²) in [5.74, 6) is -1.00. The highest BCUT2D eigenvalue weighted by Crippen LogP contribution is 2.13. The number of rotatable bonds is 50. The van der Waals surface area contributed by atoms with Crippen LogP contribution in [-0.2, 0) is 28.6 Å². The lowest BCUT2D eigenvalue weighted by molar-refractivity contribution is -0.167. The first-order chi connectivity index (χ1) is 34.0. The lowest BCUT2D eigenvalue weighted by atomic mass is 10.1. The Hall–Kier alpha value is -3.93. The van der Waals surface area contributed by atoms with Crippen molar-refractivity contribution in [1.29, 1.82) is 0 Å². The number of allylic oxidation sites excluding steroid dienone is 18. The van der Waals surface area contributed by atoms with Gasteiger partial charge in [-0.05, 0) is 122 Å². The Morgan fingerprint density at radius 2 is 0.580 bits per heavy atom. The Labute approximate surface area is 425 Å². The van der Waals surface area contributed by atoms with Gasteiger partial charge in [0.2, 0.25) is 0 Å². The molecule has 0 aliphatic carbocycles. The van der Waals surface area contributed by atoms with Gasteiger partial charge in [-0.3, -0.25) is 14.4 Å². The summed E-state index contributed by atoms with van der Waals surface area (Å²) in [6.07, 6.45) is 76.5. The van der Waals surface area contributed by atoms with E-state index in [0.29, 0.717) is 19.3 Å². The lowest BCUT2D eigenvalue weighted by Gasteiger charge is -2.18. The van der Waals surface area contributed by atoms with Crippen LogP contribution in [0.2, 0.25) is 0 Å². The zero-order valence-electron chi connectivity index (χ0n) is 44.8. The number of hydrogen-bond acceptors (Lipinski definition) is 6. The van der Waals surface area contributed by atoms with E-state index in [0.717, 1.165) is 96.3 Å². The standard InChI is InChI=1S/C63H104O6/c1-4-7-10-13-16-19-22-25-28-30-31-33-35-38-41-44-47-50-53-56-62(65)68-59-60(58-67-61(64)55-52-49-46-43-40-37-34-27-24-21-18-15-12-9-6-3)69-63(66)57-54-51-48-45-42-39-36-32-29-26-23-20-17-14-11-8-5-2/h7,10,16,19,21,24-26,28-29,31,33,36,38-39,41,45,48,60H,4-6,8-9,11-15,17-18,20,22-23,27,30,32,34-35,37,40,42-44,46-47,49-59H2,1-3H3/b10-7-,19-16-,24-21-,28-25-,29-26-,33-31-,39-36-,41-38-,48-45-/t60-/m0/s1. The molecule has 0 fully saturated rings. The summed E-state index contributed by atoms with van der Waals surface area (Å²) >= 11 is 0. The second kappa shape index (κ2) is 56.7. The molecule has 6 nitrogen and oxygen atoms in total. The minimum absolute atomic E-state index is 0.112. The first kappa shape index (κ1) is 65.1. The van der Waals surface area contributed by atoms with Gasteiger partial charge in [-0.15, -0.1) is 0 Å². The fraction of sp³-hybridized carbons (Fsp3) is 0.667. The molecule has 392 valence electrons. The van der Waals surface area contributed by atoms with Crippen molar-refractivity contribution >= 4 is 17.9 Å². The van der Waals surface area contributed by atoms with Crippen LogP contribution < -0.4 is 0 Å². The Kier molecular flexibility index (Phi) is 53.4. The predicted octanol–water partition coefficient (Wildman–Crippen LogP) is 19.1. The van der Waals surface area contributed by atoms with Crippen LogP contribution in [0.4, 0.5) is 0 Å². The van der Waals surface area contributed by atoms with Gasteiger partial charge < -0.3 is 14.2 Å². The molecule has 0 N–H and O–H groups in total. The number of esters is 3. The van der Waals surface area contributed by atoms with E-state index in [1.807, 2.05) is 0 Å². The normalized spacial score (nSPS) is 12.9. The van der Waals surface area contributed by atoms with Crippen molar-refractivity contribution in [3.63, 3.8) is 0 Å². The van der Waals surface area contributed by atoms with Crippen molar-refractivity contribution in [3.05, 3.63) is 109 Å². The first-order valence-corrected chi connectivity index (χ1v) is 28.4. The van der Waals surface area contributed by atoms with Crippen molar-refractivity contribution in [2.75, 3.05) is 13.2 Å². The molecular weight excluding hydrogens is 853 g/mol. The van der Waals surface area contributed by atoms with Crippen LogP contribution in [-0.4, -0.2) is 37.2 Å². The first-order valence-electron chi connectivity index (χ1n) is 28.4. The Morgan fingerprint density at radius 1 is 0.304 bits per heavy atom. The number of carbonyl (C=O) groups is 3. The van der Waals surface area contributed by atoms with Crippen molar-refractivity contribution in [1.82, 2.24) is 0 Å². The summed E-state index contributed by atoms with van der Waals surface area (Å²) < 4.78 is 16.8. The van der Waals surface area contributed by atoms with Gasteiger partial charge >= 0.3 is 17.9 Å². The molecule has 0 aliphatic heterocycles. The molecule has 0 bridgehead atoms. The fourth-order valence-corrected chi connectivity index (χ4v) is 7.48. The molecule has 0 unspecified atom stereocenters. The second-order valence-electron chi connectivity index (χ2n) is 18.5. The van der Waals surface area contributed by atoms with E-state index in [9.17, 15) is 14.4 Å². The maximum absolute atomic E-state index is 12.8. The van der Waals surface area contributed by atoms with Crippen LogP contribution in [0, 0.1) is 0 Å². The molecule has 69 heavy (non-hydrogen) atoms. The molecular formula is C63H104O6. The summed E-state index contributed by atoms with van der Waals surface area (Å²) in [7, 11) is 0. The molecule has 0 radical (unpaired) electrons. The number of unbranched alkanes of at least 4 members (excludes halogenated alkanes) is 21. The van der Waals surface area contributed by atoms with E-state index in [2.05, 4.69) is 130 Å². The van der Waals surface area contributed by atoms with E-state index in [-0.39, 0.29) is 37.5 Å². The highest BCUT2D eigenvalue weighted by atomic mass is 16.6. The van der Waals surface area contributed by atoms with E-state index in [1.54, 1.807) is 0 Å². The van der Waals surface area contributed by atoms with E-state index in [1.165, 1.54) is 109 Å². The molecule has 0 amide bonds. The van der Waals surface area contributed by atoms with Gasteiger partial charge in [-0.2, -0.15) is 0 Å². The zero-order chi connectivity index (χ0) is 50.0. The van der Waals surface area contributed by atoms with Gasteiger partial charge in [0.25, 0.3) is 0 Å². The monoisotopic (exact) mass is 957 g/mol. The molecule has 1 atom stereocenters. The zero-order valence-corrected chi connectivity index (χ0v) is 44.8. The minimum Gasteiger partial charge on any atom is -0.462 e. The third-order valence-corrected chi connectivity index (χ3v) is 11.7. The maximum Gasteiger partial charge on any atom is 0.306 e. The van der Waals surface area contributed by atoms with E-state index >= 15 is 0 Å². The SMILES string of the molecule is CC/C=C\C/C=C\C/C=C\C/C=C\C/C=C\CCCCCC(=O)OC[C@H](COC(=O)CCCCCCCCC/C=C\CCCCCC)OC(=O)CCC/C=C\C/C=C\C/C=C\CCCCCCCC. The third-order valence-electron chi connectivity index (χ3n) is 11.7. The smallest absolute Gasteiger partial charge is 0.306 e. The number of hydrogen-bond donors (Lipinski definition) is 0. The second-order valence-corrected chi connectivity index (χ2v) is 18.5. The van der Waals surface area contributed by atoms with Crippen molar-refractivity contribution in [2.24, 2.45) is 0 Å².